The van der Waals surface area contributed by atoms with Crippen LogP contribution in [0, 0.1) is 0 Å². The van der Waals surface area contributed by atoms with Gasteiger partial charge in [-0.3, -0.25) is 8.42 Å². The van der Waals surface area contributed by atoms with E-state index >= 15 is 0 Å². The lowest BCUT2D eigenvalue weighted by Crippen LogP contribution is -2.38. The lowest BCUT2D eigenvalue weighted by molar-refractivity contribution is -0.897. The average molecular weight is 449 g/mol. The van der Waals surface area contributed by atoms with E-state index in [1.807, 2.05) is 12.2 Å². The number of rotatable bonds is 8. The Morgan fingerprint density at radius 1 is 0.710 bits per heavy atom. The largest absolute Gasteiger partial charge is 0.759 e. The molecule has 7 heteroatoms. The first-order chi connectivity index (χ1) is 14.3. The van der Waals surface area contributed by atoms with E-state index in [1.165, 1.54) is 11.1 Å². The summed E-state index contributed by atoms with van der Waals surface area (Å²) in [6.07, 6.45) is 3.95. The summed E-state index contributed by atoms with van der Waals surface area (Å²) < 4.78 is 36.0. The van der Waals surface area contributed by atoms with Crippen molar-refractivity contribution in [3.05, 3.63) is 97.1 Å². The molecule has 0 amide bonds. The molecule has 31 heavy (non-hydrogen) atoms. The quantitative estimate of drug-likeness (QED) is 0.268. The summed E-state index contributed by atoms with van der Waals surface area (Å²) in [5, 5.41) is 0. The fraction of sp³-hybridized carbons (Fsp3) is 0.333. The maximum absolute atomic E-state index is 8.52. The van der Waals surface area contributed by atoms with Crippen LogP contribution in [0.2, 0.25) is 0 Å². The molecular formula is C24H36N2O4S. The molecule has 6 nitrogen and oxygen atoms in total. The average Bonchev–Trinajstić information content (AvgIpc) is 2.61. The number of hydrogen-bond acceptors (Lipinski definition) is 4. The van der Waals surface area contributed by atoms with Crippen LogP contribution in [0.25, 0.3) is 0 Å². The van der Waals surface area contributed by atoms with Crippen LogP contribution in [-0.4, -0.2) is 67.8 Å². The van der Waals surface area contributed by atoms with E-state index < -0.39 is 10.4 Å². The normalized spacial score (nSPS) is 11.3. The van der Waals surface area contributed by atoms with Gasteiger partial charge in [0, 0.05) is 21.5 Å². The third kappa shape index (κ3) is 18.2. The highest BCUT2D eigenvalue weighted by Crippen LogP contribution is 2.09. The van der Waals surface area contributed by atoms with E-state index in [1.54, 1.807) is 0 Å². The Balaban J connectivity index is 0.000000479. The van der Waals surface area contributed by atoms with Gasteiger partial charge >= 0.3 is 0 Å². The molecule has 0 unspecified atom stereocenters. The van der Waals surface area contributed by atoms with E-state index in [-0.39, 0.29) is 0 Å². The number of quaternary nitrogens is 2. The van der Waals surface area contributed by atoms with Gasteiger partial charge in [0.25, 0.3) is 0 Å². The minimum absolute atomic E-state index is 0.966. The predicted octanol–water partition coefficient (Wildman–Crippen LogP) is 3.56. The predicted molar refractivity (Wildman–Crippen MR) is 125 cm³/mol. The van der Waals surface area contributed by atoms with Crippen LogP contribution in [0.5, 0.6) is 0 Å². The summed E-state index contributed by atoms with van der Waals surface area (Å²) in [5.41, 5.74) is 2.77. The van der Waals surface area contributed by atoms with Crippen molar-refractivity contribution in [2.45, 2.75) is 13.1 Å². The smallest absolute Gasteiger partial charge is 0.104 e. The highest BCUT2D eigenvalue weighted by molar-refractivity contribution is 7.79. The maximum Gasteiger partial charge on any atom is 0.104 e. The molecule has 0 bridgehead atoms. The van der Waals surface area contributed by atoms with E-state index in [0.29, 0.717) is 0 Å². The molecule has 0 saturated carbocycles. The minimum Gasteiger partial charge on any atom is -0.759 e. The molecule has 2 aromatic rings. The lowest BCUT2D eigenvalue weighted by atomic mass is 10.2. The molecule has 0 N–H and O–H groups in total. The van der Waals surface area contributed by atoms with Gasteiger partial charge in [0.1, 0.15) is 13.1 Å². The topological polar surface area (TPSA) is 80.3 Å². The summed E-state index contributed by atoms with van der Waals surface area (Å²) in [6.45, 7) is 11.7. The van der Waals surface area contributed by atoms with Crippen molar-refractivity contribution in [3.8, 4) is 0 Å². The molecule has 0 fully saturated rings. The van der Waals surface area contributed by atoms with Crippen molar-refractivity contribution in [2.75, 3.05) is 41.3 Å². The maximum atomic E-state index is 8.52. The van der Waals surface area contributed by atoms with Crippen LogP contribution in [0.1, 0.15) is 11.1 Å². The van der Waals surface area contributed by atoms with Crippen LogP contribution >= 0.6 is 0 Å². The van der Waals surface area contributed by atoms with Crippen LogP contribution in [0.3, 0.4) is 0 Å². The first kappa shape index (κ1) is 28.7. The van der Waals surface area contributed by atoms with Crippen LogP contribution in [0.4, 0.5) is 0 Å². The van der Waals surface area contributed by atoms with Gasteiger partial charge in [-0.2, -0.15) is 0 Å². The van der Waals surface area contributed by atoms with Crippen molar-refractivity contribution in [1.29, 1.82) is 0 Å². The Hall–Kier alpha value is -2.29. The van der Waals surface area contributed by atoms with Gasteiger partial charge in [0.2, 0.25) is 0 Å². The Morgan fingerprint density at radius 3 is 1.19 bits per heavy atom. The van der Waals surface area contributed by atoms with Gasteiger partial charge in [-0.25, -0.2) is 0 Å². The van der Waals surface area contributed by atoms with Crippen LogP contribution in [-0.2, 0) is 23.5 Å². The molecule has 2 aromatic carbocycles. The van der Waals surface area contributed by atoms with E-state index in [2.05, 4.69) is 102 Å². The van der Waals surface area contributed by atoms with Gasteiger partial charge in [0.05, 0.1) is 41.3 Å². The highest BCUT2D eigenvalue weighted by Gasteiger charge is 2.13. The van der Waals surface area contributed by atoms with Crippen molar-refractivity contribution in [3.63, 3.8) is 0 Å². The number of likely N-dealkylation sites (N-methyl/N-ethyl adjacent to an activating group) is 2. The van der Waals surface area contributed by atoms with Crippen LogP contribution < -0.4 is 0 Å². The number of nitrogens with zero attached hydrogens (tertiary/aromatic N) is 2. The molecule has 2 rings (SSSR count). The van der Waals surface area contributed by atoms with E-state index in [0.717, 1.165) is 35.1 Å². The monoisotopic (exact) mass is 448 g/mol. The molecule has 0 spiro atoms. The Kier molecular flexibility index (Phi) is 12.9. The fourth-order valence-corrected chi connectivity index (χ4v) is 2.98. The summed E-state index contributed by atoms with van der Waals surface area (Å²) in [5.74, 6) is 0. The van der Waals surface area contributed by atoms with Gasteiger partial charge < -0.3 is 18.1 Å². The Bertz CT molecular complexity index is 797. The van der Waals surface area contributed by atoms with Gasteiger partial charge in [-0.15, -0.1) is 0 Å². The molecule has 172 valence electrons. The molecule has 0 heterocycles. The molecular weight excluding hydrogens is 412 g/mol. The second-order valence-electron chi connectivity index (χ2n) is 8.51. The van der Waals surface area contributed by atoms with Gasteiger partial charge in [-0.05, 0) is 12.2 Å². The first-order valence-corrected chi connectivity index (χ1v) is 11.2. The third-order valence-electron chi connectivity index (χ3n) is 4.15. The SMILES string of the molecule is C=CC[N+](C)(C)Cc1ccccc1.C=CC[N+](C)(C)Cc1ccccc1.O=S(=O)([O-])[O-]. The zero-order valence-corrected chi connectivity index (χ0v) is 19.9. The lowest BCUT2D eigenvalue weighted by Gasteiger charge is -2.28. The number of benzene rings is 2. The second kappa shape index (κ2) is 13.9. The van der Waals surface area contributed by atoms with Crippen molar-refractivity contribution in [2.24, 2.45) is 0 Å². The third-order valence-corrected chi connectivity index (χ3v) is 4.15. The summed E-state index contributed by atoms with van der Waals surface area (Å²) in [6, 6.07) is 21.1. The Labute approximate surface area is 188 Å². The zero-order chi connectivity index (χ0) is 24.0. The molecule has 0 aliphatic heterocycles. The van der Waals surface area contributed by atoms with Crippen LogP contribution in [0.15, 0.2) is 86.0 Å². The van der Waals surface area contributed by atoms with E-state index in [9.17, 15) is 0 Å². The highest BCUT2D eigenvalue weighted by atomic mass is 32.3. The van der Waals surface area contributed by atoms with Gasteiger partial charge in [-0.1, -0.05) is 73.8 Å². The summed E-state index contributed by atoms with van der Waals surface area (Å²) in [4.78, 5) is 0. The fourth-order valence-electron chi connectivity index (χ4n) is 2.98. The van der Waals surface area contributed by atoms with Crippen molar-refractivity contribution < 1.29 is 26.5 Å². The molecule has 0 saturated heterocycles. The van der Waals surface area contributed by atoms with Crippen molar-refractivity contribution >= 4 is 10.4 Å². The zero-order valence-electron chi connectivity index (χ0n) is 19.1. The Morgan fingerprint density at radius 2 is 0.968 bits per heavy atom. The van der Waals surface area contributed by atoms with Crippen molar-refractivity contribution in [1.82, 2.24) is 0 Å². The molecule has 0 radical (unpaired) electrons. The molecule has 0 atom stereocenters. The summed E-state index contributed by atoms with van der Waals surface area (Å²) in [7, 11) is 3.70. The van der Waals surface area contributed by atoms with E-state index in [4.69, 9.17) is 17.5 Å². The molecule has 0 aromatic heterocycles. The minimum atomic E-state index is -5.17. The molecule has 0 aliphatic carbocycles. The summed E-state index contributed by atoms with van der Waals surface area (Å²) >= 11 is 0. The molecule has 0 aliphatic rings. The second-order valence-corrected chi connectivity index (χ2v) is 9.33. The van der Waals surface area contributed by atoms with Gasteiger partial charge in [0.15, 0.2) is 0 Å². The number of hydrogen-bond donors (Lipinski definition) is 0. The standard InChI is InChI=1S/2C12H18N.H2O4S/c2*1-4-10-13(2,3)11-12-8-6-5-7-9-12;1-5(2,3)4/h2*4-9H,1,10-11H2,2-3H3;(H2,1,2,3,4)/q2*+1;/p-2. The first-order valence-electron chi connectivity index (χ1n) is 9.88.